The maximum atomic E-state index is 8.74. The lowest BCUT2D eigenvalue weighted by molar-refractivity contribution is 0.297. The van der Waals surface area contributed by atoms with E-state index in [4.69, 9.17) is 5.11 Å². The Hall–Kier alpha value is -1.61. The molecule has 0 fully saturated rings. The van der Waals surface area contributed by atoms with Gasteiger partial charge in [0.05, 0.1) is 18.5 Å². The largest absolute Gasteiger partial charge is 0.396 e. The standard InChI is InChI=1S/C11H12N2O/c14-7-6-11-12-8-10(13-11)9-4-2-1-3-5-9/h1-5,8,14H,6-7H2,(H,12,13). The minimum absolute atomic E-state index is 0.127. The van der Waals surface area contributed by atoms with E-state index in [1.54, 1.807) is 6.20 Å². The van der Waals surface area contributed by atoms with Gasteiger partial charge in [-0.15, -0.1) is 0 Å². The first-order valence-corrected chi connectivity index (χ1v) is 4.60. The summed E-state index contributed by atoms with van der Waals surface area (Å²) in [6.07, 6.45) is 2.37. The molecule has 0 bridgehead atoms. The molecule has 3 nitrogen and oxygen atoms in total. The minimum atomic E-state index is 0.127. The zero-order valence-corrected chi connectivity index (χ0v) is 7.77. The highest BCUT2D eigenvalue weighted by Crippen LogP contribution is 2.15. The van der Waals surface area contributed by atoms with E-state index in [1.165, 1.54) is 0 Å². The van der Waals surface area contributed by atoms with E-state index in [9.17, 15) is 0 Å². The predicted molar refractivity (Wildman–Crippen MR) is 54.8 cm³/mol. The fourth-order valence-corrected chi connectivity index (χ4v) is 1.36. The van der Waals surface area contributed by atoms with Gasteiger partial charge in [0.15, 0.2) is 0 Å². The topological polar surface area (TPSA) is 48.9 Å². The van der Waals surface area contributed by atoms with Crippen molar-refractivity contribution in [3.05, 3.63) is 42.4 Å². The first-order valence-electron chi connectivity index (χ1n) is 4.60. The first kappa shape index (κ1) is 8.97. The van der Waals surface area contributed by atoms with Crippen LogP contribution >= 0.6 is 0 Å². The molecule has 0 spiro atoms. The first-order chi connectivity index (χ1) is 6.90. The van der Waals surface area contributed by atoms with Gasteiger partial charge in [0.1, 0.15) is 5.82 Å². The summed E-state index contributed by atoms with van der Waals surface area (Å²) in [5.74, 6) is 0.825. The van der Waals surface area contributed by atoms with Crippen LogP contribution in [0.1, 0.15) is 5.82 Å². The molecule has 0 saturated carbocycles. The number of nitrogens with one attached hydrogen (secondary N) is 1. The molecule has 0 aliphatic carbocycles. The molecule has 0 amide bonds. The second-order valence-corrected chi connectivity index (χ2v) is 3.08. The van der Waals surface area contributed by atoms with Gasteiger partial charge in [-0.05, 0) is 5.56 Å². The van der Waals surface area contributed by atoms with Crippen LogP contribution in [-0.2, 0) is 6.42 Å². The number of hydrogen-bond donors (Lipinski definition) is 2. The van der Waals surface area contributed by atoms with Gasteiger partial charge in [0, 0.05) is 6.42 Å². The van der Waals surface area contributed by atoms with Crippen LogP contribution in [0.15, 0.2) is 36.5 Å². The summed E-state index contributed by atoms with van der Waals surface area (Å²) >= 11 is 0. The molecule has 3 heteroatoms. The van der Waals surface area contributed by atoms with Crippen LogP contribution in [0.4, 0.5) is 0 Å². The number of benzene rings is 1. The van der Waals surface area contributed by atoms with E-state index >= 15 is 0 Å². The van der Waals surface area contributed by atoms with Gasteiger partial charge in [-0.2, -0.15) is 0 Å². The van der Waals surface area contributed by atoms with E-state index in [2.05, 4.69) is 9.97 Å². The van der Waals surface area contributed by atoms with Gasteiger partial charge in [0.2, 0.25) is 0 Å². The second-order valence-electron chi connectivity index (χ2n) is 3.08. The van der Waals surface area contributed by atoms with Gasteiger partial charge < -0.3 is 10.1 Å². The average Bonchev–Trinajstić information content (AvgIpc) is 2.68. The van der Waals surface area contributed by atoms with Gasteiger partial charge in [-0.1, -0.05) is 30.3 Å². The number of aliphatic hydroxyl groups excluding tert-OH is 1. The van der Waals surface area contributed by atoms with Gasteiger partial charge in [0.25, 0.3) is 0 Å². The number of H-pyrrole nitrogens is 1. The van der Waals surface area contributed by atoms with Crippen LogP contribution in [0.2, 0.25) is 0 Å². The summed E-state index contributed by atoms with van der Waals surface area (Å²) in [6, 6.07) is 10.0. The van der Waals surface area contributed by atoms with Crippen LogP contribution in [0.25, 0.3) is 11.3 Å². The monoisotopic (exact) mass is 188 g/mol. The minimum Gasteiger partial charge on any atom is -0.396 e. The molecular formula is C11H12N2O. The highest BCUT2D eigenvalue weighted by atomic mass is 16.3. The molecular weight excluding hydrogens is 176 g/mol. The third-order valence-corrected chi connectivity index (χ3v) is 2.06. The van der Waals surface area contributed by atoms with Crippen LogP contribution in [-0.4, -0.2) is 21.7 Å². The number of aromatic nitrogens is 2. The number of aromatic amines is 1. The summed E-state index contributed by atoms with van der Waals surface area (Å²) in [4.78, 5) is 7.33. The predicted octanol–water partition coefficient (Wildman–Crippen LogP) is 1.61. The number of aliphatic hydroxyl groups is 1. The summed E-state index contributed by atoms with van der Waals surface area (Å²) in [5.41, 5.74) is 2.11. The van der Waals surface area contributed by atoms with Gasteiger partial charge in [-0.25, -0.2) is 4.98 Å². The lowest BCUT2D eigenvalue weighted by Crippen LogP contribution is -1.92. The highest BCUT2D eigenvalue weighted by molar-refractivity contribution is 5.57. The Labute approximate surface area is 82.4 Å². The maximum Gasteiger partial charge on any atom is 0.108 e. The van der Waals surface area contributed by atoms with Crippen molar-refractivity contribution in [1.82, 2.24) is 9.97 Å². The van der Waals surface area contributed by atoms with Crippen molar-refractivity contribution in [3.8, 4) is 11.3 Å². The Kier molecular flexibility index (Phi) is 2.60. The fourth-order valence-electron chi connectivity index (χ4n) is 1.36. The highest BCUT2D eigenvalue weighted by Gasteiger charge is 2.01. The van der Waals surface area contributed by atoms with Crippen LogP contribution in [0.3, 0.4) is 0 Å². The van der Waals surface area contributed by atoms with E-state index in [0.717, 1.165) is 17.1 Å². The number of rotatable bonds is 3. The molecule has 2 aromatic rings. The Morgan fingerprint density at radius 1 is 1.21 bits per heavy atom. The van der Waals surface area contributed by atoms with Crippen LogP contribution in [0, 0.1) is 0 Å². The Morgan fingerprint density at radius 2 is 2.00 bits per heavy atom. The normalized spacial score (nSPS) is 10.4. The summed E-state index contributed by atoms with van der Waals surface area (Å²) in [7, 11) is 0. The second kappa shape index (κ2) is 4.07. The molecule has 72 valence electrons. The van der Waals surface area contributed by atoms with E-state index in [0.29, 0.717) is 6.42 Å². The third kappa shape index (κ3) is 1.83. The molecule has 1 aromatic carbocycles. The molecule has 1 heterocycles. The van der Waals surface area contributed by atoms with Crippen molar-refractivity contribution in [3.63, 3.8) is 0 Å². The van der Waals surface area contributed by atoms with Crippen molar-refractivity contribution in [2.24, 2.45) is 0 Å². The molecule has 0 atom stereocenters. The van der Waals surface area contributed by atoms with Crippen molar-refractivity contribution in [1.29, 1.82) is 0 Å². The maximum absolute atomic E-state index is 8.74. The molecule has 14 heavy (non-hydrogen) atoms. The molecule has 0 unspecified atom stereocenters. The van der Waals surface area contributed by atoms with Crippen molar-refractivity contribution < 1.29 is 5.11 Å². The molecule has 0 saturated heterocycles. The average molecular weight is 188 g/mol. The van der Waals surface area contributed by atoms with Crippen LogP contribution < -0.4 is 0 Å². The third-order valence-electron chi connectivity index (χ3n) is 2.06. The van der Waals surface area contributed by atoms with E-state index in [-0.39, 0.29) is 6.61 Å². The Bertz CT molecular complexity index is 395. The molecule has 0 radical (unpaired) electrons. The quantitative estimate of drug-likeness (QED) is 0.768. The number of nitrogens with zero attached hydrogens (tertiary/aromatic N) is 1. The molecule has 0 aliphatic heterocycles. The molecule has 0 aliphatic rings. The lowest BCUT2D eigenvalue weighted by atomic mass is 10.2. The van der Waals surface area contributed by atoms with Gasteiger partial charge >= 0.3 is 0 Å². The Morgan fingerprint density at radius 3 is 2.71 bits per heavy atom. The van der Waals surface area contributed by atoms with Crippen molar-refractivity contribution in [2.45, 2.75) is 6.42 Å². The SMILES string of the molecule is OCCc1ncc(-c2ccccc2)[nH]1. The van der Waals surface area contributed by atoms with Crippen molar-refractivity contribution >= 4 is 0 Å². The molecule has 2 rings (SSSR count). The smallest absolute Gasteiger partial charge is 0.108 e. The summed E-state index contributed by atoms with van der Waals surface area (Å²) in [5, 5.41) is 8.74. The van der Waals surface area contributed by atoms with Gasteiger partial charge in [-0.3, -0.25) is 0 Å². The van der Waals surface area contributed by atoms with E-state index in [1.807, 2.05) is 30.3 Å². The van der Waals surface area contributed by atoms with E-state index < -0.39 is 0 Å². The molecule has 2 N–H and O–H groups in total. The summed E-state index contributed by atoms with van der Waals surface area (Å²) < 4.78 is 0. The fraction of sp³-hybridized carbons (Fsp3) is 0.182. The molecule has 1 aromatic heterocycles. The van der Waals surface area contributed by atoms with Crippen LogP contribution in [0.5, 0.6) is 0 Å². The van der Waals surface area contributed by atoms with Crippen molar-refractivity contribution in [2.75, 3.05) is 6.61 Å². The zero-order valence-electron chi connectivity index (χ0n) is 7.77. The Balaban J connectivity index is 2.25. The lowest BCUT2D eigenvalue weighted by Gasteiger charge is -1.95. The zero-order chi connectivity index (χ0) is 9.80. The number of imidazole rings is 1. The summed E-state index contributed by atoms with van der Waals surface area (Å²) in [6.45, 7) is 0.127. The number of hydrogen-bond acceptors (Lipinski definition) is 2.